The number of aryl methyl sites for hydroxylation is 1. The van der Waals surface area contributed by atoms with E-state index in [2.05, 4.69) is 26.9 Å². The van der Waals surface area contributed by atoms with Crippen molar-refractivity contribution in [3.8, 4) is 0 Å². The molecule has 1 fully saturated rings. The predicted octanol–water partition coefficient (Wildman–Crippen LogP) is 2.88. The van der Waals surface area contributed by atoms with Crippen LogP contribution < -0.4 is 0 Å². The number of rotatable bonds is 4. The van der Waals surface area contributed by atoms with Crippen molar-refractivity contribution >= 4 is 0 Å². The van der Waals surface area contributed by atoms with Crippen molar-refractivity contribution in [2.24, 2.45) is 0 Å². The van der Waals surface area contributed by atoms with E-state index >= 15 is 0 Å². The normalized spacial score (nSPS) is 21.6. The first-order valence-electron chi connectivity index (χ1n) is 9.05. The van der Waals surface area contributed by atoms with Crippen LogP contribution in [-0.2, 0) is 25.9 Å². The van der Waals surface area contributed by atoms with Crippen molar-refractivity contribution in [1.82, 2.24) is 20.0 Å². The van der Waals surface area contributed by atoms with E-state index in [9.17, 15) is 8.78 Å². The quantitative estimate of drug-likeness (QED) is 0.925. The second kappa shape index (κ2) is 6.84. The van der Waals surface area contributed by atoms with Crippen molar-refractivity contribution in [2.75, 3.05) is 19.6 Å². The van der Waals surface area contributed by atoms with Crippen LogP contribution >= 0.6 is 0 Å². The van der Waals surface area contributed by atoms with Crippen LogP contribution in [0.2, 0.25) is 0 Å². The van der Waals surface area contributed by atoms with E-state index < -0.39 is 11.6 Å². The van der Waals surface area contributed by atoms with Gasteiger partial charge in [0, 0.05) is 50.5 Å². The smallest absolute Gasteiger partial charge is 0.126 e. The van der Waals surface area contributed by atoms with Crippen molar-refractivity contribution in [3.05, 3.63) is 52.3 Å². The topological polar surface area (TPSA) is 35.2 Å². The molecule has 1 aromatic heterocycles. The first-order valence-corrected chi connectivity index (χ1v) is 9.05. The van der Waals surface area contributed by atoms with Gasteiger partial charge in [-0.15, -0.1) is 0 Å². The number of nitrogens with zero attached hydrogens (tertiary/aromatic N) is 3. The number of nitrogens with one attached hydrogen (secondary N) is 1. The van der Waals surface area contributed by atoms with E-state index in [1.165, 1.54) is 35.5 Å². The van der Waals surface area contributed by atoms with Crippen LogP contribution in [0.4, 0.5) is 8.78 Å². The Labute approximate surface area is 146 Å². The minimum Gasteiger partial charge on any atom is -0.295 e. The number of fused-ring (bicyclic) bond motifs is 1. The summed E-state index contributed by atoms with van der Waals surface area (Å²) in [6.45, 7) is 6.44. The van der Waals surface area contributed by atoms with Gasteiger partial charge in [0.25, 0.3) is 0 Å². The van der Waals surface area contributed by atoms with Crippen LogP contribution in [0.25, 0.3) is 0 Å². The van der Waals surface area contributed by atoms with Gasteiger partial charge in [0.2, 0.25) is 0 Å². The maximum Gasteiger partial charge on any atom is 0.126 e. The summed E-state index contributed by atoms with van der Waals surface area (Å²) in [4.78, 5) is 4.72. The van der Waals surface area contributed by atoms with Crippen molar-refractivity contribution in [2.45, 2.75) is 45.3 Å². The fourth-order valence-electron chi connectivity index (χ4n) is 4.12. The second-order valence-corrected chi connectivity index (χ2v) is 7.31. The molecule has 1 unspecified atom stereocenters. The summed E-state index contributed by atoms with van der Waals surface area (Å²) < 4.78 is 26.8. The molecule has 1 saturated heterocycles. The number of halogens is 2. The van der Waals surface area contributed by atoms with E-state index in [1.54, 1.807) is 0 Å². The number of hydrogen-bond acceptors (Lipinski definition) is 3. The highest BCUT2D eigenvalue weighted by Gasteiger charge is 2.26. The third-order valence-corrected chi connectivity index (χ3v) is 5.42. The average Bonchev–Trinajstić information content (AvgIpc) is 3.14. The molecule has 2 aliphatic rings. The molecule has 1 atom stereocenters. The lowest BCUT2D eigenvalue weighted by Gasteiger charge is -2.39. The molecule has 2 aromatic rings. The molecular formula is C19H24F2N4. The zero-order chi connectivity index (χ0) is 17.4. The molecule has 0 spiro atoms. The molecule has 4 rings (SSSR count). The molecule has 0 bridgehead atoms. The Morgan fingerprint density at radius 1 is 1.12 bits per heavy atom. The van der Waals surface area contributed by atoms with Crippen LogP contribution in [0, 0.1) is 11.6 Å². The molecule has 1 N–H and O–H groups in total. The highest BCUT2D eigenvalue weighted by molar-refractivity contribution is 5.29. The summed E-state index contributed by atoms with van der Waals surface area (Å²) in [6.07, 6.45) is 3.49. The zero-order valence-electron chi connectivity index (χ0n) is 14.6. The molecule has 25 heavy (non-hydrogen) atoms. The predicted molar refractivity (Wildman–Crippen MR) is 92.1 cm³/mol. The molecule has 1 aromatic carbocycles. The van der Waals surface area contributed by atoms with Gasteiger partial charge in [-0.05, 0) is 49.4 Å². The lowest BCUT2D eigenvalue weighted by atomic mass is 10.1. The van der Waals surface area contributed by atoms with Crippen LogP contribution in [0.5, 0.6) is 0 Å². The molecule has 1 aliphatic heterocycles. The second-order valence-electron chi connectivity index (χ2n) is 7.31. The minimum absolute atomic E-state index is 0.340. The molecule has 0 radical (unpaired) electrons. The number of H-pyrrole nitrogens is 1. The highest BCUT2D eigenvalue weighted by atomic mass is 19.1. The SMILES string of the molecule is CC1CN(Cc2n[nH]c3c2CCC3)CCN1Cc1cc(F)cc(F)c1. The Morgan fingerprint density at radius 2 is 1.92 bits per heavy atom. The van der Waals surface area contributed by atoms with Crippen LogP contribution in [-0.4, -0.2) is 45.7 Å². The number of hydrogen-bond donors (Lipinski definition) is 1. The van der Waals surface area contributed by atoms with Gasteiger partial charge in [0.05, 0.1) is 5.69 Å². The van der Waals surface area contributed by atoms with Crippen LogP contribution in [0.3, 0.4) is 0 Å². The summed E-state index contributed by atoms with van der Waals surface area (Å²) in [5.74, 6) is -1.01. The maximum absolute atomic E-state index is 13.4. The summed E-state index contributed by atoms with van der Waals surface area (Å²) in [5.41, 5.74) is 4.63. The average molecular weight is 346 g/mol. The van der Waals surface area contributed by atoms with Crippen LogP contribution in [0.15, 0.2) is 18.2 Å². The van der Waals surface area contributed by atoms with Crippen molar-refractivity contribution in [3.63, 3.8) is 0 Å². The fourth-order valence-corrected chi connectivity index (χ4v) is 4.12. The molecule has 1 aliphatic carbocycles. The largest absolute Gasteiger partial charge is 0.295 e. The molecule has 0 amide bonds. The summed E-state index contributed by atoms with van der Waals surface area (Å²) in [5, 5.41) is 7.68. The van der Waals surface area contributed by atoms with Gasteiger partial charge in [-0.25, -0.2) is 8.78 Å². The summed E-state index contributed by atoms with van der Waals surface area (Å²) >= 11 is 0. The van der Waals surface area contributed by atoms with Gasteiger partial charge in [-0.3, -0.25) is 14.9 Å². The van der Waals surface area contributed by atoms with Gasteiger partial charge in [-0.1, -0.05) is 0 Å². The molecule has 6 heteroatoms. The van der Waals surface area contributed by atoms with Crippen molar-refractivity contribution < 1.29 is 8.78 Å². The van der Waals surface area contributed by atoms with Gasteiger partial charge in [-0.2, -0.15) is 5.10 Å². The van der Waals surface area contributed by atoms with E-state index in [0.717, 1.165) is 45.1 Å². The highest BCUT2D eigenvalue weighted by Crippen LogP contribution is 2.24. The lowest BCUT2D eigenvalue weighted by Crippen LogP contribution is -2.51. The monoisotopic (exact) mass is 346 g/mol. The Morgan fingerprint density at radius 3 is 2.68 bits per heavy atom. The van der Waals surface area contributed by atoms with Gasteiger partial charge in [0.15, 0.2) is 0 Å². The molecule has 134 valence electrons. The zero-order valence-corrected chi connectivity index (χ0v) is 14.6. The number of piperazine rings is 1. The Kier molecular flexibility index (Phi) is 4.56. The number of aromatic nitrogens is 2. The Hall–Kier alpha value is -1.79. The van der Waals surface area contributed by atoms with E-state index in [1.807, 2.05) is 0 Å². The third kappa shape index (κ3) is 3.60. The fraction of sp³-hybridized carbons (Fsp3) is 0.526. The third-order valence-electron chi connectivity index (χ3n) is 5.42. The number of benzene rings is 1. The van der Waals surface area contributed by atoms with Crippen molar-refractivity contribution in [1.29, 1.82) is 0 Å². The Bertz CT molecular complexity index is 738. The first kappa shape index (κ1) is 16.7. The Balaban J connectivity index is 1.37. The van der Waals surface area contributed by atoms with Crippen LogP contribution in [0.1, 0.15) is 35.9 Å². The van der Waals surface area contributed by atoms with E-state index in [0.29, 0.717) is 18.2 Å². The minimum atomic E-state index is -0.506. The number of aromatic amines is 1. The molecular weight excluding hydrogens is 322 g/mol. The first-order chi connectivity index (χ1) is 12.1. The summed E-state index contributed by atoms with van der Waals surface area (Å²) in [7, 11) is 0. The molecule has 2 heterocycles. The lowest BCUT2D eigenvalue weighted by molar-refractivity contribution is 0.0723. The molecule has 0 saturated carbocycles. The van der Waals surface area contributed by atoms with Gasteiger partial charge in [0.1, 0.15) is 11.6 Å². The maximum atomic E-state index is 13.4. The van der Waals surface area contributed by atoms with Gasteiger partial charge < -0.3 is 0 Å². The van der Waals surface area contributed by atoms with E-state index in [-0.39, 0.29) is 0 Å². The van der Waals surface area contributed by atoms with Gasteiger partial charge >= 0.3 is 0 Å². The molecule has 4 nitrogen and oxygen atoms in total. The van der Waals surface area contributed by atoms with E-state index in [4.69, 9.17) is 0 Å². The standard InChI is InChI=1S/C19H24F2N4/c1-13-10-24(12-19-17-3-2-4-18(17)22-23-19)5-6-25(13)11-14-7-15(20)9-16(21)8-14/h7-9,13H,2-6,10-12H2,1H3,(H,22,23). The summed E-state index contributed by atoms with van der Waals surface area (Å²) in [6, 6.07) is 4.12.